The average molecular weight is 322 g/mol. The van der Waals surface area contributed by atoms with E-state index >= 15 is 0 Å². The fourth-order valence-electron chi connectivity index (χ4n) is 4.22. The monoisotopic (exact) mass is 321 g/mol. The average Bonchev–Trinajstić information content (AvgIpc) is 2.55. The molecule has 0 spiro atoms. The molecule has 1 heterocycles. The minimum atomic E-state index is 0.572. The van der Waals surface area contributed by atoms with E-state index in [9.17, 15) is 0 Å². The highest BCUT2D eigenvalue weighted by Crippen LogP contribution is 2.40. The first-order chi connectivity index (χ1) is 11.5. The van der Waals surface area contributed by atoms with Crippen LogP contribution in [0.1, 0.15) is 63.1 Å². The minimum absolute atomic E-state index is 0.572. The summed E-state index contributed by atoms with van der Waals surface area (Å²) in [6, 6.07) is 9.38. The van der Waals surface area contributed by atoms with Crippen LogP contribution in [0.15, 0.2) is 29.8 Å². The summed E-state index contributed by atoms with van der Waals surface area (Å²) < 4.78 is 0. The van der Waals surface area contributed by atoms with Gasteiger partial charge in [0.2, 0.25) is 0 Å². The van der Waals surface area contributed by atoms with Gasteiger partial charge in [-0.05, 0) is 59.3 Å². The molecule has 1 aliphatic heterocycles. The molecule has 0 bridgehead atoms. The molecule has 1 heteroatoms. The largest absolute Gasteiger partial charge is 0.370 e. The Kier molecular flexibility index (Phi) is 4.71. The van der Waals surface area contributed by atoms with Crippen LogP contribution in [0.25, 0.3) is 16.8 Å². The molecule has 128 valence electrons. The maximum Gasteiger partial charge on any atom is 0.0522 e. The second-order valence-electron chi connectivity index (χ2n) is 7.68. The number of benzene rings is 2. The summed E-state index contributed by atoms with van der Waals surface area (Å²) in [6.45, 7) is 12.5. The first-order valence-electron chi connectivity index (χ1n) is 9.45. The molecule has 1 aliphatic rings. The van der Waals surface area contributed by atoms with Crippen molar-refractivity contribution in [2.24, 2.45) is 5.92 Å². The highest BCUT2D eigenvalue weighted by molar-refractivity contribution is 6.02. The summed E-state index contributed by atoms with van der Waals surface area (Å²) in [4.78, 5) is 2.47. The van der Waals surface area contributed by atoms with E-state index in [1.807, 2.05) is 0 Å². The van der Waals surface area contributed by atoms with Gasteiger partial charge in [-0.1, -0.05) is 58.0 Å². The summed E-state index contributed by atoms with van der Waals surface area (Å²) >= 11 is 0. The predicted octanol–water partition coefficient (Wildman–Crippen LogP) is 6.54. The van der Waals surface area contributed by atoms with Gasteiger partial charge in [0, 0.05) is 19.0 Å². The molecule has 0 saturated carbocycles. The smallest absolute Gasteiger partial charge is 0.0522 e. The Morgan fingerprint density at radius 3 is 2.42 bits per heavy atom. The van der Waals surface area contributed by atoms with E-state index in [2.05, 4.69) is 76.9 Å². The number of aryl methyl sites for hydroxylation is 1. The lowest BCUT2D eigenvalue weighted by atomic mass is 9.86. The van der Waals surface area contributed by atoms with Gasteiger partial charge in [-0.15, -0.1) is 0 Å². The number of fused-ring (bicyclic) bond motifs is 3. The molecule has 0 atom stereocenters. The lowest BCUT2D eigenvalue weighted by Gasteiger charge is -2.32. The third-order valence-electron chi connectivity index (χ3n) is 5.66. The first kappa shape index (κ1) is 17.1. The number of rotatable bonds is 4. The maximum atomic E-state index is 2.47. The van der Waals surface area contributed by atoms with E-state index in [0.29, 0.717) is 11.8 Å². The molecular weight excluding hydrogens is 290 g/mol. The Balaban J connectivity index is 2.20. The van der Waals surface area contributed by atoms with Crippen molar-refractivity contribution in [1.29, 1.82) is 0 Å². The summed E-state index contributed by atoms with van der Waals surface area (Å²) in [5.74, 6) is 1.28. The highest BCUT2D eigenvalue weighted by Gasteiger charge is 2.22. The molecule has 0 aromatic heterocycles. The van der Waals surface area contributed by atoms with Crippen molar-refractivity contribution in [1.82, 2.24) is 0 Å². The van der Waals surface area contributed by atoms with Crippen LogP contribution in [-0.2, 0) is 0 Å². The molecule has 0 radical (unpaired) electrons. The minimum Gasteiger partial charge on any atom is -0.370 e. The van der Waals surface area contributed by atoms with Crippen LogP contribution in [0.3, 0.4) is 0 Å². The number of hydrogen-bond acceptors (Lipinski definition) is 1. The normalized spacial score (nSPS) is 14.5. The zero-order valence-corrected chi connectivity index (χ0v) is 16.1. The summed E-state index contributed by atoms with van der Waals surface area (Å²) in [5, 5.41) is 2.81. The molecule has 24 heavy (non-hydrogen) atoms. The molecule has 0 saturated heterocycles. The van der Waals surface area contributed by atoms with Crippen molar-refractivity contribution in [3.8, 4) is 0 Å². The van der Waals surface area contributed by atoms with Crippen LogP contribution >= 0.6 is 0 Å². The highest BCUT2D eigenvalue weighted by atomic mass is 15.1. The molecule has 0 aliphatic carbocycles. The standard InChI is InChI=1S/C23H31N/c1-7-17(8-2)21-13-19-10-9-18-12-20(15(3)4)11-16(5)22(18)23(19)24(6)14-21/h9-13,15,17H,7-8,14H2,1-6H3. The van der Waals surface area contributed by atoms with Gasteiger partial charge in [0.25, 0.3) is 0 Å². The molecule has 2 aromatic carbocycles. The quantitative estimate of drug-likeness (QED) is 0.618. The third kappa shape index (κ3) is 2.85. The molecular formula is C23H31N. The van der Waals surface area contributed by atoms with Crippen molar-refractivity contribution in [3.05, 3.63) is 46.5 Å². The molecule has 0 amide bonds. The Morgan fingerprint density at radius 1 is 1.08 bits per heavy atom. The van der Waals surface area contributed by atoms with E-state index in [1.54, 1.807) is 5.57 Å². The SMILES string of the molecule is CCC(CC)C1=Cc2ccc3cc(C(C)C)cc(C)c3c2N(C)C1. The zero-order chi connectivity index (χ0) is 17.4. The van der Waals surface area contributed by atoms with E-state index in [1.165, 1.54) is 46.0 Å². The zero-order valence-electron chi connectivity index (χ0n) is 16.1. The third-order valence-corrected chi connectivity index (χ3v) is 5.66. The Hall–Kier alpha value is -1.76. The lowest BCUT2D eigenvalue weighted by Crippen LogP contribution is -2.27. The summed E-state index contributed by atoms with van der Waals surface area (Å²) in [5.41, 5.74) is 7.23. The lowest BCUT2D eigenvalue weighted by molar-refractivity contribution is 0.562. The van der Waals surface area contributed by atoms with Crippen molar-refractivity contribution in [2.75, 3.05) is 18.5 Å². The van der Waals surface area contributed by atoms with Gasteiger partial charge in [0.15, 0.2) is 0 Å². The summed E-state index contributed by atoms with van der Waals surface area (Å²) in [6.07, 6.45) is 4.92. The Labute approximate surface area is 147 Å². The topological polar surface area (TPSA) is 3.24 Å². The Bertz CT molecular complexity index is 778. The van der Waals surface area contributed by atoms with Gasteiger partial charge in [0.1, 0.15) is 0 Å². The van der Waals surface area contributed by atoms with Crippen molar-refractivity contribution in [3.63, 3.8) is 0 Å². The van der Waals surface area contributed by atoms with Crippen molar-refractivity contribution < 1.29 is 0 Å². The van der Waals surface area contributed by atoms with Crippen molar-refractivity contribution >= 4 is 22.5 Å². The van der Waals surface area contributed by atoms with E-state index in [-0.39, 0.29) is 0 Å². The van der Waals surface area contributed by atoms with Crippen LogP contribution in [0.5, 0.6) is 0 Å². The molecule has 1 nitrogen and oxygen atoms in total. The van der Waals surface area contributed by atoms with E-state index < -0.39 is 0 Å². The fraction of sp³-hybridized carbons (Fsp3) is 0.478. The second kappa shape index (κ2) is 6.63. The van der Waals surface area contributed by atoms with Crippen LogP contribution in [0.4, 0.5) is 5.69 Å². The number of anilines is 1. The molecule has 0 unspecified atom stereocenters. The fourth-order valence-corrected chi connectivity index (χ4v) is 4.22. The first-order valence-corrected chi connectivity index (χ1v) is 9.45. The van der Waals surface area contributed by atoms with Crippen molar-refractivity contribution in [2.45, 2.75) is 53.4 Å². The van der Waals surface area contributed by atoms with Crippen LogP contribution in [0.2, 0.25) is 0 Å². The van der Waals surface area contributed by atoms with E-state index in [4.69, 9.17) is 0 Å². The summed E-state index contributed by atoms with van der Waals surface area (Å²) in [7, 11) is 2.25. The predicted molar refractivity (Wildman–Crippen MR) is 108 cm³/mol. The van der Waals surface area contributed by atoms with Crippen LogP contribution in [-0.4, -0.2) is 13.6 Å². The van der Waals surface area contributed by atoms with Crippen LogP contribution in [0, 0.1) is 12.8 Å². The van der Waals surface area contributed by atoms with Gasteiger partial charge < -0.3 is 4.90 Å². The second-order valence-corrected chi connectivity index (χ2v) is 7.68. The number of likely N-dealkylation sites (N-methyl/N-ethyl adjacent to an activating group) is 1. The van der Waals surface area contributed by atoms with Gasteiger partial charge in [0.05, 0.1) is 5.69 Å². The molecule has 0 fully saturated rings. The molecule has 3 rings (SSSR count). The molecule has 0 N–H and O–H groups in total. The number of hydrogen-bond donors (Lipinski definition) is 0. The van der Waals surface area contributed by atoms with Gasteiger partial charge in [-0.3, -0.25) is 0 Å². The maximum absolute atomic E-state index is 2.47. The van der Waals surface area contributed by atoms with E-state index in [0.717, 1.165) is 6.54 Å². The van der Waals surface area contributed by atoms with Gasteiger partial charge >= 0.3 is 0 Å². The van der Waals surface area contributed by atoms with Gasteiger partial charge in [-0.25, -0.2) is 0 Å². The Morgan fingerprint density at radius 2 is 1.79 bits per heavy atom. The molecule has 2 aromatic rings. The van der Waals surface area contributed by atoms with Crippen LogP contribution < -0.4 is 4.90 Å². The van der Waals surface area contributed by atoms with Gasteiger partial charge in [-0.2, -0.15) is 0 Å². The number of nitrogens with zero attached hydrogens (tertiary/aromatic N) is 1.